The van der Waals surface area contributed by atoms with E-state index in [9.17, 15) is 9.59 Å². The zero-order valence-electron chi connectivity index (χ0n) is 13.9. The van der Waals surface area contributed by atoms with E-state index in [2.05, 4.69) is 4.98 Å². The Balaban J connectivity index is 2.07. The van der Waals surface area contributed by atoms with Crippen molar-refractivity contribution in [3.63, 3.8) is 0 Å². The summed E-state index contributed by atoms with van der Waals surface area (Å²) in [6, 6.07) is 10.5. The second-order valence-corrected chi connectivity index (χ2v) is 5.42. The fourth-order valence-electron chi connectivity index (χ4n) is 2.40. The summed E-state index contributed by atoms with van der Waals surface area (Å²) in [5.41, 5.74) is 1.68. The molecule has 1 aromatic heterocycles. The van der Waals surface area contributed by atoms with Gasteiger partial charge in [-0.3, -0.25) is 4.79 Å². The summed E-state index contributed by atoms with van der Waals surface area (Å²) in [7, 11) is 3.31. The molecule has 1 amide bonds. The van der Waals surface area contributed by atoms with Crippen molar-refractivity contribution in [2.75, 3.05) is 20.7 Å². The number of aromatic carboxylic acids is 1. The maximum atomic E-state index is 12.4. The van der Waals surface area contributed by atoms with Gasteiger partial charge < -0.3 is 14.7 Å². The van der Waals surface area contributed by atoms with Crippen LogP contribution in [0.15, 0.2) is 36.4 Å². The van der Waals surface area contributed by atoms with Crippen LogP contribution in [0, 0.1) is 6.92 Å². The van der Waals surface area contributed by atoms with Crippen LogP contribution in [0.25, 0.3) is 0 Å². The molecule has 1 N–H and O–H groups in total. The van der Waals surface area contributed by atoms with E-state index in [0.717, 1.165) is 11.3 Å². The number of para-hydroxylation sites is 1. The summed E-state index contributed by atoms with van der Waals surface area (Å²) in [6.07, 6.45) is 0.651. The molecule has 0 aliphatic heterocycles. The second-order valence-electron chi connectivity index (χ2n) is 5.42. The number of carboxylic acid groups (broad SMARTS) is 1. The Kier molecular flexibility index (Phi) is 5.52. The lowest BCUT2D eigenvalue weighted by molar-refractivity contribution is 0.0693. The number of methoxy groups -OCH3 is 1. The number of likely N-dealkylation sites (N-methyl/N-ethyl adjacent to an activating group) is 1. The zero-order valence-corrected chi connectivity index (χ0v) is 13.9. The number of nitrogens with zero attached hydrogens (tertiary/aromatic N) is 2. The Morgan fingerprint density at radius 1 is 1.21 bits per heavy atom. The smallest absolute Gasteiger partial charge is 0.337 e. The zero-order chi connectivity index (χ0) is 17.7. The standard InChI is InChI=1S/C18H20N2O4/c1-12-14(18(22)23)8-9-15(19-12)17(21)20(2)11-10-13-6-4-5-7-16(13)24-3/h4-9H,10-11H2,1-3H3,(H,22,23). The molecule has 0 fully saturated rings. The van der Waals surface area contributed by atoms with Gasteiger partial charge in [-0.15, -0.1) is 0 Å². The Morgan fingerprint density at radius 2 is 1.92 bits per heavy atom. The van der Waals surface area contributed by atoms with Crippen LogP contribution in [-0.4, -0.2) is 47.6 Å². The first-order chi connectivity index (χ1) is 11.4. The molecule has 0 aliphatic rings. The fourth-order valence-corrected chi connectivity index (χ4v) is 2.40. The van der Waals surface area contributed by atoms with Crippen molar-refractivity contribution < 1.29 is 19.4 Å². The second kappa shape index (κ2) is 7.59. The van der Waals surface area contributed by atoms with Crippen LogP contribution >= 0.6 is 0 Å². The number of hydrogen-bond donors (Lipinski definition) is 1. The number of aromatic nitrogens is 1. The Hall–Kier alpha value is -2.89. The van der Waals surface area contributed by atoms with E-state index in [4.69, 9.17) is 9.84 Å². The predicted molar refractivity (Wildman–Crippen MR) is 89.6 cm³/mol. The number of amides is 1. The third-order valence-electron chi connectivity index (χ3n) is 3.79. The third-order valence-corrected chi connectivity index (χ3v) is 3.79. The van der Waals surface area contributed by atoms with E-state index in [1.54, 1.807) is 26.0 Å². The lowest BCUT2D eigenvalue weighted by atomic mass is 10.1. The number of aryl methyl sites for hydroxylation is 1. The number of rotatable bonds is 6. The van der Waals surface area contributed by atoms with Crippen molar-refractivity contribution in [1.82, 2.24) is 9.88 Å². The summed E-state index contributed by atoms with van der Waals surface area (Å²) in [5, 5.41) is 9.02. The maximum absolute atomic E-state index is 12.4. The van der Waals surface area contributed by atoms with Gasteiger partial charge in [-0.2, -0.15) is 0 Å². The van der Waals surface area contributed by atoms with Crippen molar-refractivity contribution in [1.29, 1.82) is 0 Å². The molecule has 1 heterocycles. The third kappa shape index (κ3) is 3.90. The van der Waals surface area contributed by atoms with Crippen LogP contribution in [0.4, 0.5) is 0 Å². The lowest BCUT2D eigenvalue weighted by Crippen LogP contribution is -2.30. The normalized spacial score (nSPS) is 10.3. The molecule has 0 aliphatic carbocycles. The molecule has 2 aromatic rings. The molecule has 0 bridgehead atoms. The van der Waals surface area contributed by atoms with E-state index < -0.39 is 5.97 Å². The van der Waals surface area contributed by atoms with Crippen LogP contribution in [0.5, 0.6) is 5.75 Å². The minimum Gasteiger partial charge on any atom is -0.496 e. The monoisotopic (exact) mass is 328 g/mol. The number of hydrogen-bond acceptors (Lipinski definition) is 4. The van der Waals surface area contributed by atoms with Gasteiger partial charge >= 0.3 is 5.97 Å². The number of benzene rings is 1. The Morgan fingerprint density at radius 3 is 2.54 bits per heavy atom. The van der Waals surface area contributed by atoms with Gasteiger partial charge in [-0.05, 0) is 37.1 Å². The number of carboxylic acids is 1. The molecule has 0 atom stereocenters. The predicted octanol–water partition coefficient (Wildman–Crippen LogP) is 2.41. The van der Waals surface area contributed by atoms with Gasteiger partial charge in [0.15, 0.2) is 0 Å². The Labute approximate surface area is 140 Å². The number of carbonyl (C=O) groups is 2. The van der Waals surface area contributed by atoms with Gasteiger partial charge in [0.25, 0.3) is 5.91 Å². The van der Waals surface area contributed by atoms with Gasteiger partial charge in [0.2, 0.25) is 0 Å². The molecular formula is C18H20N2O4. The summed E-state index contributed by atoms with van der Waals surface area (Å²) >= 11 is 0. The molecule has 2 rings (SSSR count). The van der Waals surface area contributed by atoms with E-state index >= 15 is 0 Å². The average molecular weight is 328 g/mol. The summed E-state index contributed by atoms with van der Waals surface area (Å²) in [5.74, 6) is -0.508. The SMILES string of the molecule is COc1ccccc1CCN(C)C(=O)c1ccc(C(=O)O)c(C)n1. The van der Waals surface area contributed by atoms with Crippen LogP contribution in [0.3, 0.4) is 0 Å². The molecule has 1 aromatic carbocycles. The number of carbonyl (C=O) groups excluding carboxylic acids is 1. The summed E-state index contributed by atoms with van der Waals surface area (Å²) < 4.78 is 5.30. The molecule has 0 spiro atoms. The first-order valence-corrected chi connectivity index (χ1v) is 7.52. The highest BCUT2D eigenvalue weighted by atomic mass is 16.5. The van der Waals surface area contributed by atoms with Crippen molar-refractivity contribution in [3.8, 4) is 5.75 Å². The minimum absolute atomic E-state index is 0.100. The molecule has 0 saturated carbocycles. The summed E-state index contributed by atoms with van der Waals surface area (Å²) in [4.78, 5) is 29.1. The van der Waals surface area contributed by atoms with Gasteiger partial charge in [0.1, 0.15) is 11.4 Å². The van der Waals surface area contributed by atoms with Crippen molar-refractivity contribution in [2.24, 2.45) is 0 Å². The average Bonchev–Trinajstić information content (AvgIpc) is 2.58. The van der Waals surface area contributed by atoms with E-state index in [0.29, 0.717) is 18.7 Å². The van der Waals surface area contributed by atoms with Crippen molar-refractivity contribution in [2.45, 2.75) is 13.3 Å². The Bertz CT molecular complexity index is 758. The molecule has 0 unspecified atom stereocenters. The van der Waals surface area contributed by atoms with E-state index in [-0.39, 0.29) is 17.2 Å². The maximum Gasteiger partial charge on any atom is 0.337 e. The summed E-state index contributed by atoms with van der Waals surface area (Å²) in [6.45, 7) is 2.08. The van der Waals surface area contributed by atoms with Crippen molar-refractivity contribution in [3.05, 3.63) is 58.9 Å². The van der Waals surface area contributed by atoms with Crippen LogP contribution < -0.4 is 4.74 Å². The number of pyridine rings is 1. The molecule has 0 radical (unpaired) electrons. The molecule has 6 heteroatoms. The van der Waals surface area contributed by atoms with Gasteiger partial charge in [0, 0.05) is 13.6 Å². The highest BCUT2D eigenvalue weighted by Crippen LogP contribution is 2.18. The quantitative estimate of drug-likeness (QED) is 0.881. The molecule has 0 saturated heterocycles. The first kappa shape index (κ1) is 17.5. The van der Waals surface area contributed by atoms with Gasteiger partial charge in [0.05, 0.1) is 18.4 Å². The lowest BCUT2D eigenvalue weighted by Gasteiger charge is -2.18. The molecule has 6 nitrogen and oxygen atoms in total. The van der Waals surface area contributed by atoms with Crippen LogP contribution in [0.2, 0.25) is 0 Å². The van der Waals surface area contributed by atoms with Crippen molar-refractivity contribution >= 4 is 11.9 Å². The highest BCUT2D eigenvalue weighted by Gasteiger charge is 2.16. The largest absolute Gasteiger partial charge is 0.496 e. The van der Waals surface area contributed by atoms with Crippen LogP contribution in [0.1, 0.15) is 32.1 Å². The first-order valence-electron chi connectivity index (χ1n) is 7.52. The fraction of sp³-hybridized carbons (Fsp3) is 0.278. The number of ether oxygens (including phenoxy) is 1. The topological polar surface area (TPSA) is 79.7 Å². The highest BCUT2D eigenvalue weighted by molar-refractivity contribution is 5.94. The molecule has 126 valence electrons. The van der Waals surface area contributed by atoms with Crippen LogP contribution in [-0.2, 0) is 6.42 Å². The molecular weight excluding hydrogens is 308 g/mol. The molecule has 24 heavy (non-hydrogen) atoms. The van der Waals surface area contributed by atoms with Gasteiger partial charge in [-0.25, -0.2) is 9.78 Å². The minimum atomic E-state index is -1.05. The van der Waals surface area contributed by atoms with E-state index in [1.165, 1.54) is 12.1 Å². The van der Waals surface area contributed by atoms with E-state index in [1.807, 2.05) is 24.3 Å². The van der Waals surface area contributed by atoms with Gasteiger partial charge in [-0.1, -0.05) is 18.2 Å².